The molecule has 0 aliphatic rings. The third kappa shape index (κ3) is 2.31. The zero-order valence-corrected chi connectivity index (χ0v) is 12.0. The first kappa shape index (κ1) is 13.4. The molecule has 21 heavy (non-hydrogen) atoms. The van der Waals surface area contributed by atoms with Gasteiger partial charge in [-0.05, 0) is 5.56 Å². The molecule has 0 fully saturated rings. The Hall–Kier alpha value is -2.54. The molecule has 1 N–H and O–H groups in total. The zero-order chi connectivity index (χ0) is 14.8. The van der Waals surface area contributed by atoms with Crippen LogP contribution < -0.4 is 0 Å². The largest absolute Gasteiger partial charge is 0.467 e. The first-order valence-electron chi connectivity index (χ1n) is 6.25. The van der Waals surface area contributed by atoms with Crippen molar-refractivity contribution in [1.29, 1.82) is 0 Å². The predicted molar refractivity (Wildman–Crippen MR) is 79.3 cm³/mol. The first-order chi connectivity index (χ1) is 10.2. The maximum Gasteiger partial charge on any atom is 0.333 e. The molecule has 7 heteroatoms. The number of rotatable bonds is 3. The summed E-state index contributed by atoms with van der Waals surface area (Å²) in [5, 5.41) is 7.36. The molecule has 0 spiro atoms. The van der Waals surface area contributed by atoms with Crippen LogP contribution in [0, 0.1) is 4.64 Å². The van der Waals surface area contributed by atoms with Crippen LogP contribution in [0.5, 0.6) is 0 Å². The predicted octanol–water partition coefficient (Wildman–Crippen LogP) is 2.25. The summed E-state index contributed by atoms with van der Waals surface area (Å²) in [6, 6.07) is 8.63. The smallest absolute Gasteiger partial charge is 0.333 e. The number of benzene rings is 1. The SMILES string of the molecule is COC(=O)[C@H](c1ccccc1)n1cnc2[nH]ncc2c1=S. The van der Waals surface area contributed by atoms with Crippen LogP contribution in [0.25, 0.3) is 11.0 Å². The Balaban J connectivity index is 2.21. The van der Waals surface area contributed by atoms with E-state index in [1.54, 1.807) is 10.8 Å². The second kappa shape index (κ2) is 5.45. The number of aromatic nitrogens is 4. The van der Waals surface area contributed by atoms with E-state index in [2.05, 4.69) is 15.2 Å². The van der Waals surface area contributed by atoms with Gasteiger partial charge in [-0.25, -0.2) is 9.78 Å². The number of aromatic amines is 1. The molecule has 6 nitrogen and oxygen atoms in total. The maximum atomic E-state index is 12.2. The lowest BCUT2D eigenvalue weighted by Gasteiger charge is -2.18. The minimum atomic E-state index is -0.671. The van der Waals surface area contributed by atoms with Crippen LogP contribution in [0.15, 0.2) is 42.9 Å². The van der Waals surface area contributed by atoms with Crippen molar-refractivity contribution in [2.75, 3.05) is 7.11 Å². The van der Waals surface area contributed by atoms with Gasteiger partial charge < -0.3 is 9.30 Å². The molecule has 0 saturated carbocycles. The van der Waals surface area contributed by atoms with E-state index in [0.29, 0.717) is 15.7 Å². The van der Waals surface area contributed by atoms with Crippen molar-refractivity contribution in [3.05, 3.63) is 53.1 Å². The molecule has 1 aromatic carbocycles. The summed E-state index contributed by atoms with van der Waals surface area (Å²) < 4.78 is 7.01. The van der Waals surface area contributed by atoms with E-state index >= 15 is 0 Å². The van der Waals surface area contributed by atoms with E-state index < -0.39 is 12.0 Å². The van der Waals surface area contributed by atoms with Crippen LogP contribution in [0.4, 0.5) is 0 Å². The number of H-pyrrole nitrogens is 1. The van der Waals surface area contributed by atoms with Crippen LogP contribution in [0.3, 0.4) is 0 Å². The highest BCUT2D eigenvalue weighted by Crippen LogP contribution is 2.22. The van der Waals surface area contributed by atoms with E-state index in [-0.39, 0.29) is 0 Å². The van der Waals surface area contributed by atoms with Crippen molar-refractivity contribution < 1.29 is 9.53 Å². The third-order valence-corrected chi connectivity index (χ3v) is 3.64. The number of nitrogens with one attached hydrogen (secondary N) is 1. The highest BCUT2D eigenvalue weighted by molar-refractivity contribution is 7.71. The molecule has 3 aromatic rings. The molecule has 0 unspecified atom stereocenters. The average molecular weight is 300 g/mol. The number of nitrogens with zero attached hydrogens (tertiary/aromatic N) is 3. The number of fused-ring (bicyclic) bond motifs is 1. The normalized spacial score (nSPS) is 12.2. The lowest BCUT2D eigenvalue weighted by molar-refractivity contribution is -0.143. The van der Waals surface area contributed by atoms with Gasteiger partial charge in [-0.15, -0.1) is 0 Å². The molecule has 0 radical (unpaired) electrons. The second-order valence-electron chi connectivity index (χ2n) is 4.43. The number of carbonyl (C=O) groups excluding carboxylic acids is 1. The standard InChI is InChI=1S/C14H12N4O2S/c1-20-14(19)11(9-5-3-2-4-6-9)18-8-15-12-10(13(18)21)7-16-17-12/h2-8,11H,1H3,(H,16,17)/t11-/m0/s1. The van der Waals surface area contributed by atoms with Crippen molar-refractivity contribution in [3.8, 4) is 0 Å². The molecular weight excluding hydrogens is 288 g/mol. The molecule has 1 atom stereocenters. The van der Waals surface area contributed by atoms with Gasteiger partial charge in [0.25, 0.3) is 0 Å². The van der Waals surface area contributed by atoms with Crippen LogP contribution in [0.2, 0.25) is 0 Å². The van der Waals surface area contributed by atoms with Gasteiger partial charge in [0.2, 0.25) is 0 Å². The number of esters is 1. The van der Waals surface area contributed by atoms with E-state index in [4.69, 9.17) is 17.0 Å². The lowest BCUT2D eigenvalue weighted by atomic mass is 10.1. The van der Waals surface area contributed by atoms with Crippen molar-refractivity contribution in [1.82, 2.24) is 19.7 Å². The van der Waals surface area contributed by atoms with Crippen molar-refractivity contribution in [3.63, 3.8) is 0 Å². The molecule has 0 saturated heterocycles. The van der Waals surface area contributed by atoms with E-state index in [0.717, 1.165) is 5.56 Å². The Morgan fingerprint density at radius 2 is 2.14 bits per heavy atom. The van der Waals surface area contributed by atoms with Crippen LogP contribution in [-0.4, -0.2) is 32.8 Å². The molecular formula is C14H12N4O2S. The molecule has 106 valence electrons. The fraction of sp³-hybridized carbons (Fsp3) is 0.143. The summed E-state index contributed by atoms with van der Waals surface area (Å²) in [5.41, 5.74) is 1.37. The van der Waals surface area contributed by atoms with Gasteiger partial charge in [-0.1, -0.05) is 42.5 Å². The van der Waals surface area contributed by atoms with Crippen LogP contribution in [-0.2, 0) is 9.53 Å². The molecule has 0 aliphatic heterocycles. The van der Waals surface area contributed by atoms with Crippen molar-refractivity contribution >= 4 is 29.2 Å². The fourth-order valence-corrected chi connectivity index (χ4v) is 2.49. The minimum absolute atomic E-state index is 0.401. The molecule has 2 heterocycles. The number of hydrogen-bond donors (Lipinski definition) is 1. The summed E-state index contributed by atoms with van der Waals surface area (Å²) in [4.78, 5) is 16.4. The maximum absolute atomic E-state index is 12.2. The number of ether oxygens (including phenoxy) is 1. The van der Waals surface area contributed by atoms with Gasteiger partial charge in [-0.3, -0.25) is 5.10 Å². The Kier molecular flexibility index (Phi) is 3.49. The topological polar surface area (TPSA) is 72.8 Å². The monoisotopic (exact) mass is 300 g/mol. The van der Waals surface area contributed by atoms with Gasteiger partial charge in [0.05, 0.1) is 25.0 Å². The Morgan fingerprint density at radius 1 is 1.38 bits per heavy atom. The van der Waals surface area contributed by atoms with Crippen LogP contribution in [0.1, 0.15) is 11.6 Å². The Morgan fingerprint density at radius 3 is 2.86 bits per heavy atom. The van der Waals surface area contributed by atoms with Crippen molar-refractivity contribution in [2.24, 2.45) is 0 Å². The number of methoxy groups -OCH3 is 1. The molecule has 3 rings (SSSR count). The summed E-state index contributed by atoms with van der Waals surface area (Å²) >= 11 is 5.45. The Bertz CT molecular complexity index is 841. The molecule has 0 amide bonds. The van der Waals surface area contributed by atoms with Crippen LogP contribution >= 0.6 is 12.2 Å². The van der Waals surface area contributed by atoms with Crippen molar-refractivity contribution in [2.45, 2.75) is 6.04 Å². The van der Waals surface area contributed by atoms with Gasteiger partial charge >= 0.3 is 5.97 Å². The van der Waals surface area contributed by atoms with Gasteiger partial charge in [0.15, 0.2) is 11.7 Å². The summed E-state index contributed by atoms with van der Waals surface area (Å²) in [7, 11) is 1.35. The zero-order valence-electron chi connectivity index (χ0n) is 11.2. The van der Waals surface area contributed by atoms with Gasteiger partial charge in [-0.2, -0.15) is 5.10 Å². The highest BCUT2D eigenvalue weighted by atomic mass is 32.1. The molecule has 2 aromatic heterocycles. The number of carbonyl (C=O) groups is 1. The minimum Gasteiger partial charge on any atom is -0.467 e. The Labute approximate surface area is 125 Å². The summed E-state index contributed by atoms with van der Waals surface area (Å²) in [5.74, 6) is -0.401. The molecule has 0 bridgehead atoms. The van der Waals surface area contributed by atoms with E-state index in [1.165, 1.54) is 13.4 Å². The molecule has 0 aliphatic carbocycles. The first-order valence-corrected chi connectivity index (χ1v) is 6.66. The third-order valence-electron chi connectivity index (χ3n) is 3.21. The quantitative estimate of drug-likeness (QED) is 0.593. The second-order valence-corrected chi connectivity index (χ2v) is 4.81. The average Bonchev–Trinajstić information content (AvgIpc) is 3.00. The fourth-order valence-electron chi connectivity index (χ4n) is 2.19. The van der Waals surface area contributed by atoms with E-state index in [1.807, 2.05) is 30.3 Å². The highest BCUT2D eigenvalue weighted by Gasteiger charge is 2.24. The lowest BCUT2D eigenvalue weighted by Crippen LogP contribution is -2.23. The number of hydrogen-bond acceptors (Lipinski definition) is 5. The van der Waals surface area contributed by atoms with Gasteiger partial charge in [0.1, 0.15) is 4.64 Å². The summed E-state index contributed by atoms with van der Waals surface area (Å²) in [6.45, 7) is 0. The van der Waals surface area contributed by atoms with Gasteiger partial charge in [0, 0.05) is 0 Å². The summed E-state index contributed by atoms with van der Waals surface area (Å²) in [6.07, 6.45) is 3.12. The van der Waals surface area contributed by atoms with E-state index in [9.17, 15) is 4.79 Å².